The summed E-state index contributed by atoms with van der Waals surface area (Å²) in [4.78, 5) is 4.87. The highest BCUT2D eigenvalue weighted by Gasteiger charge is 2.31. The molecule has 2 aliphatic heterocycles. The topological polar surface area (TPSA) is 6.48 Å². The Kier molecular flexibility index (Phi) is 2.46. The molecular weight excluding hydrogens is 172 g/mol. The standard InChI is InChI=1S/C12H22N2/c1-9-5-7-13(3)12-11(9)10(2)6-8-14(12)4/h9-10H,5-8H2,1-4H3. The Balaban J connectivity index is 2.40. The smallest absolute Gasteiger partial charge is 0.103 e. The van der Waals surface area contributed by atoms with E-state index in [1.807, 2.05) is 0 Å². The van der Waals surface area contributed by atoms with Crippen LogP contribution in [0.15, 0.2) is 11.4 Å². The quantitative estimate of drug-likeness (QED) is 0.583. The summed E-state index contributed by atoms with van der Waals surface area (Å²) >= 11 is 0. The molecule has 2 atom stereocenters. The average molecular weight is 194 g/mol. The van der Waals surface area contributed by atoms with Gasteiger partial charge in [0.2, 0.25) is 0 Å². The summed E-state index contributed by atoms with van der Waals surface area (Å²) < 4.78 is 0. The van der Waals surface area contributed by atoms with E-state index in [0.717, 1.165) is 11.8 Å². The molecule has 2 heterocycles. The van der Waals surface area contributed by atoms with Crippen molar-refractivity contribution >= 4 is 0 Å². The van der Waals surface area contributed by atoms with Crippen LogP contribution in [0.5, 0.6) is 0 Å². The van der Waals surface area contributed by atoms with Crippen LogP contribution in [0.25, 0.3) is 0 Å². The van der Waals surface area contributed by atoms with E-state index in [9.17, 15) is 0 Å². The van der Waals surface area contributed by atoms with Crippen molar-refractivity contribution < 1.29 is 0 Å². The summed E-state index contributed by atoms with van der Waals surface area (Å²) in [5, 5.41) is 0. The largest absolute Gasteiger partial charge is 0.361 e. The lowest BCUT2D eigenvalue weighted by Gasteiger charge is -2.44. The van der Waals surface area contributed by atoms with E-state index in [0.29, 0.717) is 0 Å². The molecule has 0 aromatic heterocycles. The molecule has 0 aliphatic carbocycles. The fourth-order valence-electron chi connectivity index (χ4n) is 2.96. The summed E-state index contributed by atoms with van der Waals surface area (Å²) in [7, 11) is 4.46. The molecule has 0 saturated carbocycles. The molecule has 80 valence electrons. The third kappa shape index (κ3) is 1.41. The number of rotatable bonds is 0. The minimum absolute atomic E-state index is 0.791. The molecule has 0 radical (unpaired) electrons. The Morgan fingerprint density at radius 3 is 1.71 bits per heavy atom. The summed E-state index contributed by atoms with van der Waals surface area (Å²) in [5.41, 5.74) is 1.70. The number of hydrogen-bond acceptors (Lipinski definition) is 2. The molecular formula is C12H22N2. The van der Waals surface area contributed by atoms with Crippen molar-refractivity contribution in [1.29, 1.82) is 0 Å². The van der Waals surface area contributed by atoms with Crippen molar-refractivity contribution in [3.05, 3.63) is 11.4 Å². The maximum absolute atomic E-state index is 2.44. The minimum atomic E-state index is 0.791. The second kappa shape index (κ2) is 3.48. The Hall–Kier alpha value is -0.660. The van der Waals surface area contributed by atoms with E-state index in [4.69, 9.17) is 0 Å². The zero-order valence-corrected chi connectivity index (χ0v) is 9.88. The van der Waals surface area contributed by atoms with Crippen LogP contribution in [-0.2, 0) is 0 Å². The Morgan fingerprint density at radius 2 is 1.36 bits per heavy atom. The van der Waals surface area contributed by atoms with Gasteiger partial charge < -0.3 is 9.80 Å². The second-order valence-corrected chi connectivity index (χ2v) is 5.00. The predicted octanol–water partition coefficient (Wildman–Crippen LogP) is 2.14. The maximum atomic E-state index is 2.44. The molecule has 2 unspecified atom stereocenters. The molecule has 0 N–H and O–H groups in total. The highest BCUT2D eigenvalue weighted by atomic mass is 15.3. The van der Waals surface area contributed by atoms with Crippen LogP contribution in [-0.4, -0.2) is 37.0 Å². The molecule has 2 aliphatic rings. The predicted molar refractivity (Wildman–Crippen MR) is 59.8 cm³/mol. The van der Waals surface area contributed by atoms with Crippen LogP contribution in [0.1, 0.15) is 26.7 Å². The molecule has 0 saturated heterocycles. The SMILES string of the molecule is CC1CCN(C)C2=C1C(C)CCN2C. The summed E-state index contributed by atoms with van der Waals surface area (Å²) in [5.74, 6) is 3.10. The molecule has 0 bridgehead atoms. The van der Waals surface area contributed by atoms with E-state index in [1.165, 1.54) is 31.8 Å². The summed E-state index contributed by atoms with van der Waals surface area (Å²) in [6, 6.07) is 0. The van der Waals surface area contributed by atoms with Crippen LogP contribution in [0, 0.1) is 11.8 Å². The van der Waals surface area contributed by atoms with Crippen LogP contribution in [0.4, 0.5) is 0 Å². The Bertz CT molecular complexity index is 207. The molecule has 0 amide bonds. The average Bonchev–Trinajstić information content (AvgIpc) is 2.16. The lowest BCUT2D eigenvalue weighted by Crippen LogP contribution is -2.42. The first-order valence-corrected chi connectivity index (χ1v) is 5.77. The highest BCUT2D eigenvalue weighted by Crippen LogP contribution is 2.37. The van der Waals surface area contributed by atoms with Gasteiger partial charge in [0.15, 0.2) is 0 Å². The third-order valence-corrected chi connectivity index (χ3v) is 3.84. The molecule has 2 heteroatoms. The second-order valence-electron chi connectivity index (χ2n) is 5.00. The highest BCUT2D eigenvalue weighted by molar-refractivity contribution is 5.22. The van der Waals surface area contributed by atoms with E-state index >= 15 is 0 Å². The van der Waals surface area contributed by atoms with Gasteiger partial charge in [-0.1, -0.05) is 13.8 Å². The first kappa shape index (κ1) is 9.88. The first-order chi connectivity index (χ1) is 6.61. The number of nitrogens with zero attached hydrogens (tertiary/aromatic N) is 2. The van der Waals surface area contributed by atoms with Crippen molar-refractivity contribution in [3.63, 3.8) is 0 Å². The van der Waals surface area contributed by atoms with Crippen LogP contribution in [0.3, 0.4) is 0 Å². The number of allylic oxidation sites excluding steroid dienone is 1. The Morgan fingerprint density at radius 1 is 0.929 bits per heavy atom. The molecule has 2 nitrogen and oxygen atoms in total. The van der Waals surface area contributed by atoms with Crippen molar-refractivity contribution in [1.82, 2.24) is 9.80 Å². The van der Waals surface area contributed by atoms with E-state index in [-0.39, 0.29) is 0 Å². The van der Waals surface area contributed by atoms with E-state index < -0.39 is 0 Å². The minimum Gasteiger partial charge on any atom is -0.361 e. The van der Waals surface area contributed by atoms with Gasteiger partial charge in [0, 0.05) is 27.2 Å². The first-order valence-electron chi connectivity index (χ1n) is 5.77. The molecule has 0 aromatic carbocycles. The van der Waals surface area contributed by atoms with Gasteiger partial charge in [0.05, 0.1) is 0 Å². The van der Waals surface area contributed by atoms with Gasteiger partial charge in [-0.25, -0.2) is 0 Å². The lowest BCUT2D eigenvalue weighted by atomic mass is 9.81. The van der Waals surface area contributed by atoms with Crippen LogP contribution in [0.2, 0.25) is 0 Å². The fraction of sp³-hybridized carbons (Fsp3) is 0.833. The Labute approximate surface area is 87.6 Å². The van der Waals surface area contributed by atoms with Gasteiger partial charge in [0.1, 0.15) is 5.82 Å². The normalized spacial score (nSPS) is 33.4. The van der Waals surface area contributed by atoms with E-state index in [2.05, 4.69) is 37.7 Å². The van der Waals surface area contributed by atoms with Gasteiger partial charge in [-0.15, -0.1) is 0 Å². The van der Waals surface area contributed by atoms with Gasteiger partial charge in [-0.3, -0.25) is 0 Å². The molecule has 2 rings (SSSR count). The van der Waals surface area contributed by atoms with Gasteiger partial charge in [-0.05, 0) is 30.3 Å². The van der Waals surface area contributed by atoms with Crippen LogP contribution < -0.4 is 0 Å². The van der Waals surface area contributed by atoms with Crippen LogP contribution >= 0.6 is 0 Å². The molecule has 14 heavy (non-hydrogen) atoms. The van der Waals surface area contributed by atoms with Gasteiger partial charge >= 0.3 is 0 Å². The van der Waals surface area contributed by atoms with Gasteiger partial charge in [-0.2, -0.15) is 0 Å². The zero-order chi connectivity index (χ0) is 10.3. The monoisotopic (exact) mass is 194 g/mol. The molecule has 0 spiro atoms. The summed E-state index contributed by atoms with van der Waals surface area (Å²) in [6.45, 7) is 7.21. The van der Waals surface area contributed by atoms with Crippen molar-refractivity contribution in [2.45, 2.75) is 26.7 Å². The van der Waals surface area contributed by atoms with Gasteiger partial charge in [0.25, 0.3) is 0 Å². The van der Waals surface area contributed by atoms with Crippen molar-refractivity contribution in [3.8, 4) is 0 Å². The zero-order valence-electron chi connectivity index (χ0n) is 9.88. The maximum Gasteiger partial charge on any atom is 0.103 e. The van der Waals surface area contributed by atoms with E-state index in [1.54, 1.807) is 5.57 Å². The lowest BCUT2D eigenvalue weighted by molar-refractivity contribution is 0.186. The summed E-state index contributed by atoms with van der Waals surface area (Å²) in [6.07, 6.45) is 2.65. The third-order valence-electron chi connectivity index (χ3n) is 3.84. The number of hydrogen-bond donors (Lipinski definition) is 0. The molecule has 0 fully saturated rings. The molecule has 0 aromatic rings. The van der Waals surface area contributed by atoms with Crippen molar-refractivity contribution in [2.75, 3.05) is 27.2 Å². The fourth-order valence-corrected chi connectivity index (χ4v) is 2.96. The van der Waals surface area contributed by atoms with Crippen molar-refractivity contribution in [2.24, 2.45) is 11.8 Å².